The molecule has 28 heteroatoms. The predicted molar refractivity (Wildman–Crippen MR) is 337 cm³/mol. The number of fused-ring (bicyclic) bond motifs is 7. The first-order chi connectivity index (χ1) is 44.3. The van der Waals surface area contributed by atoms with E-state index in [2.05, 4.69) is 67.4 Å². The summed E-state index contributed by atoms with van der Waals surface area (Å²) in [6.45, 7) is 3.23. The van der Waals surface area contributed by atoms with Crippen molar-refractivity contribution in [3.05, 3.63) is 104 Å². The molecule has 2 unspecified atom stereocenters. The number of nitrogens with zero attached hydrogens (tertiary/aromatic N) is 12. The molecular weight excluding hydrogens is 1330 g/mol. The third kappa shape index (κ3) is 9.72. The van der Waals surface area contributed by atoms with Crippen molar-refractivity contribution in [1.82, 2.24) is 60.1 Å². The van der Waals surface area contributed by atoms with Crippen LogP contribution in [0.25, 0.3) is 65.9 Å². The number of phenolic OH excluding ortho intramolecular Hbond substituents is 2. The third-order valence-electron chi connectivity index (χ3n) is 20.0. The van der Waals surface area contributed by atoms with Gasteiger partial charge in [0.2, 0.25) is 0 Å². The molecule has 0 radical (unpaired) electrons. The van der Waals surface area contributed by atoms with Crippen molar-refractivity contribution in [1.29, 1.82) is 0 Å². The third-order valence-corrected chi connectivity index (χ3v) is 21.6. The molecule has 20 nitrogen and oxygen atoms in total. The van der Waals surface area contributed by atoms with E-state index in [1.54, 1.807) is 10.7 Å². The Hall–Kier alpha value is -8.08. The van der Waals surface area contributed by atoms with Crippen molar-refractivity contribution in [3.63, 3.8) is 0 Å². The molecule has 6 fully saturated rings. The highest BCUT2D eigenvalue weighted by molar-refractivity contribution is 9.11. The first kappa shape index (κ1) is 59.0. The fraction of sp³-hybridized carbons (Fsp3) is 0.406. The van der Waals surface area contributed by atoms with Crippen LogP contribution in [0.5, 0.6) is 23.5 Å². The maximum Gasteiger partial charge on any atom is 0.319 e. The summed E-state index contributed by atoms with van der Waals surface area (Å²) in [4.78, 5) is 48.8. The largest absolute Gasteiger partial charge is 0.508 e. The summed E-state index contributed by atoms with van der Waals surface area (Å²) in [6, 6.07) is 9.91. The second-order valence-electron chi connectivity index (χ2n) is 25.7. The van der Waals surface area contributed by atoms with Gasteiger partial charge in [0.05, 0.1) is 48.6 Å². The summed E-state index contributed by atoms with van der Waals surface area (Å²) in [5.41, 5.74) is 4.27. The topological polar surface area (TPSA) is 234 Å². The zero-order chi connectivity index (χ0) is 63.3. The van der Waals surface area contributed by atoms with E-state index in [4.69, 9.17) is 30.2 Å². The number of halogens is 8. The summed E-state index contributed by atoms with van der Waals surface area (Å²) in [7, 11) is 0. The minimum absolute atomic E-state index is 0.00528. The molecule has 4 aromatic carbocycles. The molecular formula is C64H59Br2F6N15O5. The summed E-state index contributed by atoms with van der Waals surface area (Å²) in [5, 5.41) is 34.6. The van der Waals surface area contributed by atoms with Gasteiger partial charge in [-0.15, -0.1) is 0 Å². The number of phenols is 2. The van der Waals surface area contributed by atoms with E-state index in [1.165, 1.54) is 54.9 Å². The normalized spacial score (nSPS) is 24.9. The van der Waals surface area contributed by atoms with E-state index >= 15 is 22.0 Å². The van der Waals surface area contributed by atoms with Gasteiger partial charge in [-0.1, -0.05) is 6.07 Å². The molecule has 0 bridgehead atoms. The van der Waals surface area contributed by atoms with Crippen molar-refractivity contribution in [2.24, 2.45) is 0 Å². The number of benzene rings is 4. The fourth-order valence-electron chi connectivity index (χ4n) is 16.0. The maximum absolute atomic E-state index is 18.1. The van der Waals surface area contributed by atoms with Crippen LogP contribution in [0.15, 0.2) is 69.9 Å². The molecule has 16 rings (SSSR count). The van der Waals surface area contributed by atoms with Gasteiger partial charge in [-0.3, -0.25) is 24.4 Å². The lowest BCUT2D eigenvalue weighted by Crippen LogP contribution is -2.56. The Morgan fingerprint density at radius 2 is 1.35 bits per heavy atom. The lowest BCUT2D eigenvalue weighted by atomic mass is 9.90. The molecule has 0 aliphatic carbocycles. The van der Waals surface area contributed by atoms with E-state index in [0.717, 1.165) is 18.7 Å². The van der Waals surface area contributed by atoms with Crippen molar-refractivity contribution in [3.8, 4) is 46.0 Å². The van der Waals surface area contributed by atoms with E-state index < -0.39 is 58.3 Å². The van der Waals surface area contributed by atoms with Gasteiger partial charge < -0.3 is 45.9 Å². The highest BCUT2D eigenvalue weighted by Gasteiger charge is 2.55. The number of nitrogens with one attached hydrogen (secondary N) is 2. The Labute approximate surface area is 537 Å². The molecule has 6 saturated heterocycles. The molecule has 5 aromatic heterocycles. The number of amides is 2. The molecule has 2 amide bonds. The second kappa shape index (κ2) is 22.0. The quantitative estimate of drug-likeness (QED) is 0.0757. The van der Waals surface area contributed by atoms with Gasteiger partial charge in [-0.25, -0.2) is 31.1 Å². The summed E-state index contributed by atoms with van der Waals surface area (Å²) >= 11 is 6.82. The number of aromatic nitrogens is 8. The number of hydrogen-bond acceptors (Lipinski definition) is 17. The zero-order valence-electron chi connectivity index (χ0n) is 49.2. The Morgan fingerprint density at radius 3 is 2.08 bits per heavy atom. The van der Waals surface area contributed by atoms with Crippen LogP contribution in [0, 0.1) is 23.3 Å². The number of carbonyl (C=O) groups is 1. The van der Waals surface area contributed by atoms with Crippen LogP contribution in [0.1, 0.15) is 75.1 Å². The highest BCUT2D eigenvalue weighted by Crippen LogP contribution is 2.53. The Balaban J connectivity index is 0.763. The number of aryl methyl sites for hydroxylation is 1. The number of rotatable bonds is 11. The van der Waals surface area contributed by atoms with Gasteiger partial charge in [-0.05, 0) is 136 Å². The zero-order valence-corrected chi connectivity index (χ0v) is 52.4. The van der Waals surface area contributed by atoms with Crippen LogP contribution in [-0.2, 0) is 13.1 Å². The average Bonchev–Trinajstić information content (AvgIpc) is 1.34. The van der Waals surface area contributed by atoms with E-state index in [1.807, 2.05) is 14.7 Å². The minimum Gasteiger partial charge on any atom is -0.508 e. The number of alkyl halides is 2. The maximum atomic E-state index is 18.1. The Bertz CT molecular complexity index is 4600. The number of carbonyl (C=O) groups excluding carboxylic acids is 1. The number of piperidine rings is 1. The number of pyridine rings is 2. The van der Waals surface area contributed by atoms with Gasteiger partial charge in [0.1, 0.15) is 88.6 Å². The van der Waals surface area contributed by atoms with Crippen molar-refractivity contribution in [2.45, 2.75) is 106 Å². The van der Waals surface area contributed by atoms with Crippen molar-refractivity contribution >= 4 is 98.7 Å². The molecule has 7 aliphatic rings. The molecule has 92 heavy (non-hydrogen) atoms. The summed E-state index contributed by atoms with van der Waals surface area (Å²) < 4.78 is 114. The monoisotopic (exact) mass is 1390 g/mol. The second-order valence-corrected chi connectivity index (χ2v) is 27.3. The molecule has 1 spiro atoms. The number of anilines is 3. The molecule has 7 aliphatic heterocycles. The van der Waals surface area contributed by atoms with Crippen LogP contribution in [-0.4, -0.2) is 154 Å². The Morgan fingerprint density at radius 1 is 0.696 bits per heavy atom. The molecule has 6 N–H and O–H groups in total. The molecule has 476 valence electrons. The molecule has 9 aromatic rings. The standard InChI is InChI=1S/C64H59Br2F6N15O5/c65-49-43(69)5-4-31-14-35(88)17-39(47(31)49)53-51(71)55-41(22-74-53)57(83-11-3-13-87-34(26-83)15-46(73)82-87)79-60(77-55)92-30-64-9-6-45(86(64)25-33(68)21-64)37-19-44(70)50(66)48-38(37)16-36(89)18-40(48)54-52(72)56-42(23-75-54)58(84-10-1-7-62(28-84)27-76-59(90)81-62)80-61(78-56)91-29-63-8-2-12-85(63)24-32(67)20-63/h4-5,14-19,22-23,32-33,45,88-89H,1-3,6-13,20-21,24-30H2,(H2,73,82)(H2,76,81,90)/t32-,33-,45?,62?,63+,64+/m1/s1. The predicted octanol–water partition coefficient (Wildman–Crippen LogP) is 11.0. The number of hydrogen-bond donors (Lipinski definition) is 5. The van der Waals surface area contributed by atoms with E-state index in [-0.39, 0.29) is 145 Å². The molecule has 0 saturated carbocycles. The number of nitrogen functional groups attached to an aromatic ring is 1. The van der Waals surface area contributed by atoms with Crippen LogP contribution in [0.3, 0.4) is 0 Å². The summed E-state index contributed by atoms with van der Waals surface area (Å²) in [5.74, 6) is -2.75. The van der Waals surface area contributed by atoms with Gasteiger partial charge in [-0.2, -0.15) is 25.0 Å². The van der Waals surface area contributed by atoms with Crippen LogP contribution >= 0.6 is 31.9 Å². The lowest BCUT2D eigenvalue weighted by molar-refractivity contribution is 0.0848. The number of urea groups is 1. The lowest BCUT2D eigenvalue weighted by Gasteiger charge is -2.40. The Kier molecular flexibility index (Phi) is 14.1. The molecule has 12 heterocycles. The van der Waals surface area contributed by atoms with Crippen LogP contribution in [0.4, 0.5) is 48.6 Å². The smallest absolute Gasteiger partial charge is 0.319 e. The van der Waals surface area contributed by atoms with E-state index in [0.29, 0.717) is 99.2 Å². The van der Waals surface area contributed by atoms with Gasteiger partial charge >= 0.3 is 18.1 Å². The first-order valence-corrected chi connectivity index (χ1v) is 32.3. The van der Waals surface area contributed by atoms with Crippen molar-refractivity contribution in [2.75, 3.05) is 74.6 Å². The van der Waals surface area contributed by atoms with E-state index in [9.17, 15) is 19.4 Å². The van der Waals surface area contributed by atoms with Crippen LogP contribution < -0.4 is 35.6 Å². The fourth-order valence-corrected chi connectivity index (χ4v) is 17.1. The highest BCUT2D eigenvalue weighted by atomic mass is 79.9. The average molecular weight is 1390 g/mol. The van der Waals surface area contributed by atoms with Gasteiger partial charge in [0.15, 0.2) is 11.6 Å². The van der Waals surface area contributed by atoms with Gasteiger partial charge in [0.25, 0.3) is 0 Å². The SMILES string of the molecule is Nc1cc2n(n1)CCCN(c1nc(OC[C@@]34CCC(c5cc(F)c(Br)c6c(-c7ncc8c(N9CCCC%10(CNC(=O)N%10)C9)nc(OC[C@@]9%10CCCN9C[C@H](F)C%10)nc8c7F)cc(O)cc56)N3C[C@H](F)C4)nc3c(F)c(-c4cc(O)cc5ccc(F)c(Br)c45)ncc13)C2. The number of aromatic hydroxyl groups is 2. The van der Waals surface area contributed by atoms with Crippen LogP contribution in [0.2, 0.25) is 0 Å². The minimum atomic E-state index is -1.37. The van der Waals surface area contributed by atoms with Crippen molar-refractivity contribution < 1.29 is 50.8 Å². The molecule has 6 atom stereocenters. The summed E-state index contributed by atoms with van der Waals surface area (Å²) in [6.07, 6.45) is 4.96. The number of nitrogens with two attached hydrogens (primary N) is 1. The van der Waals surface area contributed by atoms with Gasteiger partial charge in [0, 0.05) is 105 Å². The number of ether oxygens (including phenoxy) is 2. The first-order valence-electron chi connectivity index (χ1n) is 30.7.